The Morgan fingerprint density at radius 2 is 2.09 bits per heavy atom. The van der Waals surface area contributed by atoms with Gasteiger partial charge in [-0.05, 0) is 24.5 Å². The molecular weight excluding hydrogens is 501 g/mol. The van der Waals surface area contributed by atoms with Gasteiger partial charge in [-0.25, -0.2) is 23.1 Å². The van der Waals surface area contributed by atoms with E-state index in [-0.39, 0.29) is 34.6 Å². The molecule has 1 fully saturated rings. The maximum absolute atomic E-state index is 12.6. The van der Waals surface area contributed by atoms with Gasteiger partial charge in [0.15, 0.2) is 6.61 Å². The molecule has 1 aliphatic rings. The lowest BCUT2D eigenvalue weighted by molar-refractivity contribution is -0.154. The molecule has 0 amide bonds. The first-order valence-corrected chi connectivity index (χ1v) is 12.1. The fourth-order valence-electron chi connectivity index (χ4n) is 3.18. The molecule has 0 aliphatic carbocycles. The number of pyridine rings is 2. The van der Waals surface area contributed by atoms with Crippen LogP contribution in [-0.2, 0) is 26.0 Å². The zero-order valence-electron chi connectivity index (χ0n) is 18.1. The molecule has 188 valence electrons. The highest BCUT2D eigenvalue weighted by Gasteiger charge is 2.29. The Hall–Kier alpha value is -2.19. The van der Waals surface area contributed by atoms with E-state index in [4.69, 9.17) is 21.1 Å². The average Bonchev–Trinajstić information content (AvgIpc) is 3.32. The molecule has 34 heavy (non-hydrogen) atoms. The predicted molar refractivity (Wildman–Crippen MR) is 117 cm³/mol. The highest BCUT2D eigenvalue weighted by molar-refractivity contribution is 7.89. The normalized spacial score (nSPS) is 17.5. The Bertz CT molecular complexity index is 1050. The lowest BCUT2D eigenvalue weighted by Crippen LogP contribution is -2.34. The lowest BCUT2D eigenvalue weighted by Gasteiger charge is -2.22. The molecule has 0 bridgehead atoms. The van der Waals surface area contributed by atoms with Crippen molar-refractivity contribution in [2.45, 2.75) is 42.7 Å². The molecular formula is C20H24ClF3N4O5S. The van der Waals surface area contributed by atoms with Crippen LogP contribution in [0.25, 0.3) is 0 Å². The standard InChI is InChI=1S/C20H24ClF3N4O5S/c1-31-17(16-3-2-6-32-16)11-27-19-15(21)7-14(10-26-19)34(29,30)28-9-13-4-5-18(25-8-13)33-12-20(22,23)24/h4-5,7-8,10,16-17,28H,2-3,6,9,11-12H2,1H3,(H,26,27). The molecule has 14 heteroatoms. The van der Waals surface area contributed by atoms with Gasteiger partial charge in [0.1, 0.15) is 16.8 Å². The number of ether oxygens (including phenoxy) is 3. The molecule has 0 spiro atoms. The Morgan fingerprint density at radius 3 is 2.68 bits per heavy atom. The summed E-state index contributed by atoms with van der Waals surface area (Å²) >= 11 is 6.22. The average molecular weight is 525 g/mol. The summed E-state index contributed by atoms with van der Waals surface area (Å²) in [4.78, 5) is 7.69. The summed E-state index contributed by atoms with van der Waals surface area (Å²) < 4.78 is 79.7. The van der Waals surface area contributed by atoms with Gasteiger partial charge >= 0.3 is 6.18 Å². The topological polar surface area (TPSA) is 112 Å². The minimum Gasteiger partial charge on any atom is -0.468 e. The fraction of sp³-hybridized carbons (Fsp3) is 0.500. The Morgan fingerprint density at radius 1 is 1.29 bits per heavy atom. The van der Waals surface area contributed by atoms with Crippen LogP contribution < -0.4 is 14.8 Å². The van der Waals surface area contributed by atoms with Crippen LogP contribution in [-0.4, -0.2) is 63.6 Å². The third-order valence-electron chi connectivity index (χ3n) is 4.93. The van der Waals surface area contributed by atoms with Gasteiger partial charge in [0, 0.05) is 45.3 Å². The summed E-state index contributed by atoms with van der Waals surface area (Å²) in [6.07, 6.45) is -0.474. The molecule has 3 heterocycles. The minimum atomic E-state index is -4.48. The molecule has 3 rings (SSSR count). The lowest BCUT2D eigenvalue weighted by atomic mass is 10.1. The number of alkyl halides is 3. The van der Waals surface area contributed by atoms with Crippen LogP contribution in [0.4, 0.5) is 19.0 Å². The van der Waals surface area contributed by atoms with Crippen molar-refractivity contribution in [2.75, 3.05) is 32.2 Å². The zero-order valence-corrected chi connectivity index (χ0v) is 19.7. The van der Waals surface area contributed by atoms with Gasteiger partial charge in [-0.3, -0.25) is 0 Å². The Kier molecular flexibility index (Phi) is 8.93. The number of hydrogen-bond acceptors (Lipinski definition) is 8. The van der Waals surface area contributed by atoms with E-state index in [9.17, 15) is 21.6 Å². The van der Waals surface area contributed by atoms with E-state index in [1.807, 2.05) is 0 Å². The number of methoxy groups -OCH3 is 1. The van der Waals surface area contributed by atoms with Crippen molar-refractivity contribution in [2.24, 2.45) is 0 Å². The smallest absolute Gasteiger partial charge is 0.422 e. The predicted octanol–water partition coefficient (Wildman–Crippen LogP) is 3.16. The van der Waals surface area contributed by atoms with Crippen LogP contribution >= 0.6 is 11.6 Å². The molecule has 2 aromatic rings. The molecule has 1 saturated heterocycles. The first-order chi connectivity index (χ1) is 16.1. The second-order valence-electron chi connectivity index (χ2n) is 7.44. The first-order valence-electron chi connectivity index (χ1n) is 10.3. The number of nitrogens with zero attached hydrogens (tertiary/aromatic N) is 2. The second-order valence-corrected chi connectivity index (χ2v) is 9.62. The van der Waals surface area contributed by atoms with Gasteiger partial charge < -0.3 is 19.5 Å². The molecule has 2 N–H and O–H groups in total. The second kappa shape index (κ2) is 11.5. The van der Waals surface area contributed by atoms with Gasteiger partial charge in [-0.15, -0.1) is 0 Å². The molecule has 2 unspecified atom stereocenters. The van der Waals surface area contributed by atoms with Crippen LogP contribution in [0.5, 0.6) is 5.88 Å². The monoisotopic (exact) mass is 524 g/mol. The van der Waals surface area contributed by atoms with Crippen molar-refractivity contribution in [3.63, 3.8) is 0 Å². The number of rotatable bonds is 11. The van der Waals surface area contributed by atoms with Gasteiger partial charge in [-0.1, -0.05) is 17.7 Å². The maximum atomic E-state index is 12.6. The van der Waals surface area contributed by atoms with Crippen LogP contribution in [0.15, 0.2) is 35.5 Å². The van der Waals surface area contributed by atoms with Crippen LogP contribution in [0.3, 0.4) is 0 Å². The van der Waals surface area contributed by atoms with E-state index in [2.05, 4.69) is 24.7 Å². The molecule has 2 aromatic heterocycles. The van der Waals surface area contributed by atoms with Crippen molar-refractivity contribution in [1.82, 2.24) is 14.7 Å². The number of aromatic nitrogens is 2. The summed E-state index contributed by atoms with van der Waals surface area (Å²) in [6.45, 7) is -0.544. The van der Waals surface area contributed by atoms with Crippen LogP contribution in [0, 0.1) is 0 Å². The molecule has 0 saturated carbocycles. The van der Waals surface area contributed by atoms with Crippen molar-refractivity contribution >= 4 is 27.4 Å². The largest absolute Gasteiger partial charge is 0.468 e. The summed E-state index contributed by atoms with van der Waals surface area (Å²) in [5.74, 6) is 0.0810. The number of sulfonamides is 1. The van der Waals surface area contributed by atoms with Gasteiger partial charge in [-0.2, -0.15) is 13.2 Å². The summed E-state index contributed by atoms with van der Waals surface area (Å²) in [7, 11) is -2.38. The van der Waals surface area contributed by atoms with E-state index in [1.165, 1.54) is 24.4 Å². The first kappa shape index (κ1) is 26.4. The maximum Gasteiger partial charge on any atom is 0.422 e. The van der Waals surface area contributed by atoms with Crippen molar-refractivity contribution in [3.8, 4) is 5.88 Å². The van der Waals surface area contributed by atoms with Gasteiger partial charge in [0.25, 0.3) is 0 Å². The van der Waals surface area contributed by atoms with Crippen molar-refractivity contribution in [1.29, 1.82) is 0 Å². The van der Waals surface area contributed by atoms with Crippen molar-refractivity contribution in [3.05, 3.63) is 41.2 Å². The SMILES string of the molecule is COC(CNc1ncc(S(=O)(=O)NCc2ccc(OCC(F)(F)F)nc2)cc1Cl)C1CCCO1. The molecule has 2 atom stereocenters. The van der Waals surface area contributed by atoms with Crippen LogP contribution in [0.2, 0.25) is 5.02 Å². The van der Waals surface area contributed by atoms with Gasteiger partial charge in [0.2, 0.25) is 15.9 Å². The van der Waals surface area contributed by atoms with E-state index >= 15 is 0 Å². The Labute approximate surface area is 200 Å². The fourth-order valence-corrected chi connectivity index (χ4v) is 4.46. The third kappa shape index (κ3) is 7.67. The summed E-state index contributed by atoms with van der Waals surface area (Å²) in [5, 5.41) is 3.16. The Balaban J connectivity index is 1.56. The minimum absolute atomic E-state index is 0.0279. The van der Waals surface area contributed by atoms with E-state index < -0.39 is 22.8 Å². The molecule has 0 aromatic carbocycles. The van der Waals surface area contributed by atoms with Crippen LogP contribution in [0.1, 0.15) is 18.4 Å². The summed E-state index contributed by atoms with van der Waals surface area (Å²) in [6, 6.07) is 3.89. The molecule has 1 aliphatic heterocycles. The number of hydrogen-bond donors (Lipinski definition) is 2. The zero-order chi connectivity index (χ0) is 24.8. The third-order valence-corrected chi connectivity index (χ3v) is 6.58. The molecule has 0 radical (unpaired) electrons. The number of anilines is 1. The van der Waals surface area contributed by atoms with E-state index in [0.717, 1.165) is 19.0 Å². The number of nitrogens with one attached hydrogen (secondary N) is 2. The highest BCUT2D eigenvalue weighted by atomic mass is 35.5. The highest BCUT2D eigenvalue weighted by Crippen LogP contribution is 2.24. The van der Waals surface area contributed by atoms with E-state index in [0.29, 0.717) is 24.5 Å². The number of halogens is 4. The quantitative estimate of drug-likeness (QED) is 0.461. The van der Waals surface area contributed by atoms with Gasteiger partial charge in [0.05, 0.1) is 11.1 Å². The summed E-state index contributed by atoms with van der Waals surface area (Å²) in [5.41, 5.74) is 0.417. The molecule has 9 nitrogen and oxygen atoms in total. The van der Waals surface area contributed by atoms with E-state index in [1.54, 1.807) is 7.11 Å². The van der Waals surface area contributed by atoms with Crippen molar-refractivity contribution < 1.29 is 35.8 Å².